The van der Waals surface area contributed by atoms with Crippen molar-refractivity contribution in [3.8, 4) is 5.75 Å². The predicted molar refractivity (Wildman–Crippen MR) is 81.4 cm³/mol. The summed E-state index contributed by atoms with van der Waals surface area (Å²) in [7, 11) is 0. The molecule has 1 heterocycles. The highest BCUT2D eigenvalue weighted by Gasteiger charge is 2.14. The van der Waals surface area contributed by atoms with Crippen LogP contribution in [0.15, 0.2) is 30.3 Å². The van der Waals surface area contributed by atoms with Gasteiger partial charge >= 0.3 is 11.8 Å². The quantitative estimate of drug-likeness (QED) is 0.579. The number of aromatic hydroxyl groups is 1. The molecule has 0 atom stereocenters. The van der Waals surface area contributed by atoms with Gasteiger partial charge in [0.1, 0.15) is 5.75 Å². The van der Waals surface area contributed by atoms with Crippen molar-refractivity contribution < 1.29 is 14.7 Å². The Morgan fingerprint density at radius 2 is 1.95 bits per heavy atom. The summed E-state index contributed by atoms with van der Waals surface area (Å²) < 4.78 is 1.76. The Kier molecular flexibility index (Phi) is 4.77. The lowest BCUT2D eigenvalue weighted by Crippen LogP contribution is -2.37. The minimum Gasteiger partial charge on any atom is -0.506 e. The van der Waals surface area contributed by atoms with E-state index in [0.29, 0.717) is 6.54 Å². The Bertz CT molecular complexity index is 694. The summed E-state index contributed by atoms with van der Waals surface area (Å²) >= 11 is 0. The van der Waals surface area contributed by atoms with Gasteiger partial charge in [-0.05, 0) is 32.0 Å². The van der Waals surface area contributed by atoms with Crippen LogP contribution in [0.5, 0.6) is 5.75 Å². The molecule has 116 valence electrons. The summed E-state index contributed by atoms with van der Waals surface area (Å²) in [6.07, 6.45) is 0. The van der Waals surface area contributed by atoms with E-state index in [4.69, 9.17) is 0 Å². The van der Waals surface area contributed by atoms with E-state index < -0.39 is 11.8 Å². The molecular weight excluding hydrogens is 284 g/mol. The van der Waals surface area contributed by atoms with Gasteiger partial charge in [-0.25, -0.2) is 0 Å². The Balaban J connectivity index is 1.83. The van der Waals surface area contributed by atoms with E-state index in [-0.39, 0.29) is 18.0 Å². The monoisotopic (exact) mass is 302 g/mol. The lowest BCUT2D eigenvalue weighted by molar-refractivity contribution is -0.136. The van der Waals surface area contributed by atoms with Crippen LogP contribution >= 0.6 is 0 Å². The second kappa shape index (κ2) is 6.75. The second-order valence-electron chi connectivity index (χ2n) is 4.88. The van der Waals surface area contributed by atoms with Crippen molar-refractivity contribution in [3.63, 3.8) is 0 Å². The molecule has 0 aliphatic carbocycles. The number of carbonyl (C=O) groups excluding carboxylic acids is 2. The van der Waals surface area contributed by atoms with E-state index >= 15 is 0 Å². The molecule has 0 radical (unpaired) electrons. The Morgan fingerprint density at radius 1 is 1.23 bits per heavy atom. The number of carbonyl (C=O) groups is 2. The number of aromatic nitrogens is 2. The van der Waals surface area contributed by atoms with Crippen molar-refractivity contribution in [1.29, 1.82) is 0 Å². The largest absolute Gasteiger partial charge is 0.506 e. The van der Waals surface area contributed by atoms with Crippen LogP contribution in [0.25, 0.3) is 0 Å². The first-order valence-corrected chi connectivity index (χ1v) is 6.85. The number of nitrogens with one attached hydrogen (secondary N) is 2. The molecule has 1 aromatic heterocycles. The number of anilines is 1. The first-order valence-electron chi connectivity index (χ1n) is 6.85. The lowest BCUT2D eigenvalue weighted by Gasteiger charge is -2.08. The van der Waals surface area contributed by atoms with Gasteiger partial charge in [-0.1, -0.05) is 12.1 Å². The number of rotatable bonds is 4. The fourth-order valence-electron chi connectivity index (χ4n) is 2.02. The molecule has 2 amide bonds. The number of hydrogen-bond donors (Lipinski definition) is 3. The minimum absolute atomic E-state index is 0.0914. The maximum atomic E-state index is 11.7. The lowest BCUT2D eigenvalue weighted by atomic mass is 10.3. The molecule has 0 aliphatic heterocycles. The van der Waals surface area contributed by atoms with Crippen LogP contribution in [-0.2, 0) is 16.1 Å². The van der Waals surface area contributed by atoms with E-state index in [1.165, 1.54) is 12.1 Å². The van der Waals surface area contributed by atoms with Gasteiger partial charge in [0.25, 0.3) is 0 Å². The van der Waals surface area contributed by atoms with Gasteiger partial charge in [-0.2, -0.15) is 5.10 Å². The normalized spacial score (nSPS) is 10.3. The molecule has 0 saturated heterocycles. The topological polar surface area (TPSA) is 96.2 Å². The highest BCUT2D eigenvalue weighted by Crippen LogP contribution is 2.21. The third-order valence-corrected chi connectivity index (χ3v) is 3.07. The molecular formula is C15H18N4O3. The molecule has 2 rings (SSSR count). The van der Waals surface area contributed by atoms with Crippen molar-refractivity contribution in [1.82, 2.24) is 15.1 Å². The molecule has 0 unspecified atom stereocenters. The van der Waals surface area contributed by atoms with Crippen molar-refractivity contribution >= 4 is 17.5 Å². The molecule has 0 spiro atoms. The molecule has 22 heavy (non-hydrogen) atoms. The summed E-state index contributed by atoms with van der Waals surface area (Å²) in [6, 6.07) is 8.15. The van der Waals surface area contributed by atoms with Gasteiger partial charge in [0, 0.05) is 12.2 Å². The Morgan fingerprint density at radius 3 is 2.59 bits per heavy atom. The zero-order chi connectivity index (χ0) is 16.1. The van der Waals surface area contributed by atoms with Gasteiger partial charge in [-0.15, -0.1) is 0 Å². The van der Waals surface area contributed by atoms with E-state index in [2.05, 4.69) is 15.7 Å². The summed E-state index contributed by atoms with van der Waals surface area (Å²) in [5.41, 5.74) is 2.09. The first kappa shape index (κ1) is 15.6. The second-order valence-corrected chi connectivity index (χ2v) is 4.88. The maximum absolute atomic E-state index is 11.7. The third-order valence-electron chi connectivity index (χ3n) is 3.07. The van der Waals surface area contributed by atoms with Crippen LogP contribution in [0.4, 0.5) is 5.69 Å². The fourth-order valence-corrected chi connectivity index (χ4v) is 2.02. The van der Waals surface area contributed by atoms with Crippen molar-refractivity contribution in [2.45, 2.75) is 20.4 Å². The number of benzene rings is 1. The number of amides is 2. The predicted octanol–water partition coefficient (Wildman–Crippen LogP) is 0.960. The molecule has 0 saturated carbocycles. The van der Waals surface area contributed by atoms with Crippen LogP contribution in [0, 0.1) is 13.8 Å². The smallest absolute Gasteiger partial charge is 0.313 e. The number of phenols is 1. The Hall–Kier alpha value is -2.83. The highest BCUT2D eigenvalue weighted by molar-refractivity contribution is 6.39. The maximum Gasteiger partial charge on any atom is 0.313 e. The van der Waals surface area contributed by atoms with E-state index in [0.717, 1.165) is 11.4 Å². The first-order chi connectivity index (χ1) is 10.5. The molecule has 7 nitrogen and oxygen atoms in total. The Labute approximate surface area is 128 Å². The van der Waals surface area contributed by atoms with E-state index in [1.54, 1.807) is 16.8 Å². The average molecular weight is 302 g/mol. The standard InChI is InChI=1S/C15H18N4O3/c1-10-9-11(2)19(18-10)8-7-16-14(21)15(22)17-12-5-3-4-6-13(12)20/h3-6,9,20H,7-8H2,1-2H3,(H,16,21)(H,17,22). The van der Waals surface area contributed by atoms with Gasteiger partial charge in [0.2, 0.25) is 0 Å². The van der Waals surface area contributed by atoms with Gasteiger partial charge < -0.3 is 15.7 Å². The van der Waals surface area contributed by atoms with Crippen LogP contribution in [0.2, 0.25) is 0 Å². The molecule has 0 aliphatic rings. The van der Waals surface area contributed by atoms with Gasteiger partial charge in [0.05, 0.1) is 17.9 Å². The van der Waals surface area contributed by atoms with E-state index in [9.17, 15) is 14.7 Å². The molecule has 3 N–H and O–H groups in total. The van der Waals surface area contributed by atoms with Crippen LogP contribution in [0.3, 0.4) is 0 Å². The van der Waals surface area contributed by atoms with Crippen molar-refractivity contribution in [2.24, 2.45) is 0 Å². The summed E-state index contributed by atoms with van der Waals surface area (Å²) in [4.78, 5) is 23.4. The number of phenolic OH excluding ortho intramolecular Hbond substituents is 1. The van der Waals surface area contributed by atoms with Crippen molar-refractivity contribution in [3.05, 3.63) is 41.7 Å². The summed E-state index contributed by atoms with van der Waals surface area (Å²) in [6.45, 7) is 4.58. The molecule has 0 bridgehead atoms. The SMILES string of the molecule is Cc1cc(C)n(CCNC(=O)C(=O)Nc2ccccc2O)n1. The molecule has 2 aromatic rings. The highest BCUT2D eigenvalue weighted by atomic mass is 16.3. The number of nitrogens with zero attached hydrogens (tertiary/aromatic N) is 2. The third kappa shape index (κ3) is 3.85. The minimum atomic E-state index is -0.824. The summed E-state index contributed by atoms with van der Waals surface area (Å²) in [5, 5.41) is 18.7. The average Bonchev–Trinajstić information content (AvgIpc) is 2.79. The number of para-hydroxylation sites is 2. The van der Waals surface area contributed by atoms with Crippen LogP contribution < -0.4 is 10.6 Å². The van der Waals surface area contributed by atoms with Gasteiger partial charge in [-0.3, -0.25) is 14.3 Å². The molecule has 1 aromatic carbocycles. The molecule has 0 fully saturated rings. The van der Waals surface area contributed by atoms with Crippen molar-refractivity contribution in [2.75, 3.05) is 11.9 Å². The zero-order valence-corrected chi connectivity index (χ0v) is 12.5. The summed E-state index contributed by atoms with van der Waals surface area (Å²) in [5.74, 6) is -1.68. The zero-order valence-electron chi connectivity index (χ0n) is 12.5. The molecule has 7 heteroatoms. The number of hydrogen-bond acceptors (Lipinski definition) is 4. The number of aryl methyl sites for hydroxylation is 2. The fraction of sp³-hybridized carbons (Fsp3) is 0.267. The van der Waals surface area contributed by atoms with Crippen LogP contribution in [0.1, 0.15) is 11.4 Å². The van der Waals surface area contributed by atoms with Gasteiger partial charge in [0.15, 0.2) is 0 Å². The van der Waals surface area contributed by atoms with E-state index in [1.807, 2.05) is 19.9 Å². The van der Waals surface area contributed by atoms with Crippen LogP contribution in [-0.4, -0.2) is 33.2 Å².